The van der Waals surface area contributed by atoms with E-state index in [9.17, 15) is 4.79 Å². The van der Waals surface area contributed by atoms with Gasteiger partial charge in [0.15, 0.2) is 0 Å². The lowest BCUT2D eigenvalue weighted by Crippen LogP contribution is -2.46. The molecular formula is C11H21NO2. The van der Waals surface area contributed by atoms with Gasteiger partial charge in [0.05, 0.1) is 0 Å². The van der Waals surface area contributed by atoms with Gasteiger partial charge in [0.25, 0.3) is 0 Å². The highest BCUT2D eigenvalue weighted by atomic mass is 16.3. The lowest BCUT2D eigenvalue weighted by Gasteiger charge is -2.36. The van der Waals surface area contributed by atoms with Crippen LogP contribution < -0.4 is 0 Å². The molecule has 3 nitrogen and oxygen atoms in total. The molecule has 0 aromatic carbocycles. The first-order chi connectivity index (χ1) is 6.66. The van der Waals surface area contributed by atoms with Gasteiger partial charge in [-0.15, -0.1) is 0 Å². The van der Waals surface area contributed by atoms with Gasteiger partial charge in [-0.3, -0.25) is 4.79 Å². The summed E-state index contributed by atoms with van der Waals surface area (Å²) in [6, 6.07) is 0.229. The van der Waals surface area contributed by atoms with Crippen LogP contribution in [0.3, 0.4) is 0 Å². The number of amides is 1. The Kier molecular flexibility index (Phi) is 4.39. The second kappa shape index (κ2) is 5.35. The first-order valence-corrected chi connectivity index (χ1v) is 5.57. The molecule has 1 unspecified atom stereocenters. The predicted molar refractivity (Wildman–Crippen MR) is 55.9 cm³/mol. The minimum atomic E-state index is 0.173. The molecule has 0 spiro atoms. The van der Waals surface area contributed by atoms with Crippen LogP contribution in [0.2, 0.25) is 0 Å². The van der Waals surface area contributed by atoms with E-state index in [1.807, 2.05) is 4.90 Å². The molecule has 1 rings (SSSR count). The zero-order valence-electron chi connectivity index (χ0n) is 9.20. The van der Waals surface area contributed by atoms with Crippen LogP contribution >= 0.6 is 0 Å². The number of carbonyl (C=O) groups excluding carboxylic acids is 1. The first kappa shape index (κ1) is 11.5. The van der Waals surface area contributed by atoms with Crippen LogP contribution in [0.15, 0.2) is 0 Å². The Bertz CT molecular complexity index is 192. The van der Waals surface area contributed by atoms with Gasteiger partial charge in [0, 0.05) is 25.6 Å². The monoisotopic (exact) mass is 199 g/mol. The van der Waals surface area contributed by atoms with Gasteiger partial charge >= 0.3 is 0 Å². The summed E-state index contributed by atoms with van der Waals surface area (Å²) in [4.78, 5) is 13.6. The number of hydrogen-bond donors (Lipinski definition) is 1. The molecule has 0 bridgehead atoms. The van der Waals surface area contributed by atoms with Crippen LogP contribution in [0.1, 0.15) is 39.5 Å². The van der Waals surface area contributed by atoms with Crippen LogP contribution in [0, 0.1) is 5.92 Å². The van der Waals surface area contributed by atoms with Gasteiger partial charge in [-0.25, -0.2) is 0 Å². The molecule has 1 heterocycles. The van der Waals surface area contributed by atoms with Crippen molar-refractivity contribution in [3.05, 3.63) is 0 Å². The summed E-state index contributed by atoms with van der Waals surface area (Å²) in [7, 11) is 0. The Balaban J connectivity index is 2.60. The molecule has 0 radical (unpaired) electrons. The van der Waals surface area contributed by atoms with E-state index in [2.05, 4.69) is 13.8 Å². The first-order valence-electron chi connectivity index (χ1n) is 5.57. The van der Waals surface area contributed by atoms with Crippen LogP contribution in [0.25, 0.3) is 0 Å². The Hall–Kier alpha value is -0.570. The topological polar surface area (TPSA) is 40.5 Å². The van der Waals surface area contributed by atoms with E-state index >= 15 is 0 Å². The minimum absolute atomic E-state index is 0.173. The number of rotatable bonds is 4. The van der Waals surface area contributed by atoms with Gasteiger partial charge in [-0.2, -0.15) is 0 Å². The van der Waals surface area contributed by atoms with Crippen molar-refractivity contribution in [1.82, 2.24) is 4.90 Å². The van der Waals surface area contributed by atoms with Crippen molar-refractivity contribution < 1.29 is 9.90 Å². The van der Waals surface area contributed by atoms with E-state index in [-0.39, 0.29) is 18.6 Å². The molecule has 0 saturated carbocycles. The van der Waals surface area contributed by atoms with E-state index in [1.54, 1.807) is 0 Å². The second-order valence-electron chi connectivity index (χ2n) is 4.37. The summed E-state index contributed by atoms with van der Waals surface area (Å²) >= 11 is 0. The van der Waals surface area contributed by atoms with Crippen molar-refractivity contribution in [2.75, 3.05) is 13.2 Å². The summed E-state index contributed by atoms with van der Waals surface area (Å²) in [5, 5.41) is 8.96. The predicted octanol–water partition coefficient (Wildman–Crippen LogP) is 1.41. The van der Waals surface area contributed by atoms with Gasteiger partial charge < -0.3 is 10.0 Å². The molecule has 3 heteroatoms. The van der Waals surface area contributed by atoms with Crippen LogP contribution in [-0.4, -0.2) is 35.1 Å². The van der Waals surface area contributed by atoms with Gasteiger partial charge in [0.1, 0.15) is 0 Å². The second-order valence-corrected chi connectivity index (χ2v) is 4.37. The molecule has 0 aromatic heterocycles. The number of likely N-dealkylation sites (tertiary alicyclic amines) is 1. The zero-order chi connectivity index (χ0) is 10.6. The smallest absolute Gasteiger partial charge is 0.222 e. The summed E-state index contributed by atoms with van der Waals surface area (Å²) in [6.07, 6.45) is 3.54. The number of aliphatic hydroxyl groups excluding tert-OH is 1. The van der Waals surface area contributed by atoms with Gasteiger partial charge in [0.2, 0.25) is 5.91 Å². The van der Waals surface area contributed by atoms with Crippen molar-refractivity contribution in [3.8, 4) is 0 Å². The normalized spacial score (nSPS) is 20.3. The molecular weight excluding hydrogens is 178 g/mol. The number of nitrogens with zero attached hydrogens (tertiary/aromatic N) is 1. The Morgan fingerprint density at radius 2 is 2.14 bits per heavy atom. The Labute approximate surface area is 86.1 Å². The molecule has 0 aromatic rings. The summed E-state index contributed by atoms with van der Waals surface area (Å²) in [6.45, 7) is 5.28. The number of hydrogen-bond acceptors (Lipinski definition) is 2. The average molecular weight is 199 g/mol. The molecule has 1 aliphatic rings. The molecule has 82 valence electrons. The van der Waals surface area contributed by atoms with E-state index in [1.165, 1.54) is 0 Å². The largest absolute Gasteiger partial charge is 0.396 e. The van der Waals surface area contributed by atoms with E-state index in [0.717, 1.165) is 19.4 Å². The van der Waals surface area contributed by atoms with Crippen molar-refractivity contribution in [2.24, 2.45) is 5.92 Å². The molecule has 1 saturated heterocycles. The lowest BCUT2D eigenvalue weighted by atomic mass is 9.96. The van der Waals surface area contributed by atoms with Gasteiger partial charge in [-0.05, 0) is 25.2 Å². The van der Waals surface area contributed by atoms with E-state index in [0.29, 0.717) is 18.8 Å². The maximum atomic E-state index is 11.7. The summed E-state index contributed by atoms with van der Waals surface area (Å²) < 4.78 is 0. The Morgan fingerprint density at radius 1 is 1.43 bits per heavy atom. The molecule has 0 aliphatic carbocycles. The maximum absolute atomic E-state index is 11.7. The van der Waals surface area contributed by atoms with Crippen LogP contribution in [0.4, 0.5) is 0 Å². The number of aliphatic hydroxyl groups is 1. The highest BCUT2D eigenvalue weighted by molar-refractivity contribution is 5.77. The molecule has 1 fully saturated rings. The molecule has 1 amide bonds. The maximum Gasteiger partial charge on any atom is 0.222 e. The standard InChI is InChI=1S/C11H21NO2/c1-9(2)10(6-8-13)12-7-4-3-5-11(12)14/h9-10,13H,3-8H2,1-2H3. The van der Waals surface area contributed by atoms with Crippen molar-refractivity contribution in [1.29, 1.82) is 0 Å². The number of carbonyl (C=O) groups is 1. The SMILES string of the molecule is CC(C)C(CCO)N1CCCCC1=O. The fourth-order valence-electron chi connectivity index (χ4n) is 2.16. The number of piperidine rings is 1. The van der Waals surface area contributed by atoms with Crippen LogP contribution in [0.5, 0.6) is 0 Å². The average Bonchev–Trinajstić information content (AvgIpc) is 2.15. The van der Waals surface area contributed by atoms with E-state index < -0.39 is 0 Å². The highest BCUT2D eigenvalue weighted by Crippen LogP contribution is 2.20. The van der Waals surface area contributed by atoms with Crippen LogP contribution in [-0.2, 0) is 4.79 Å². The van der Waals surface area contributed by atoms with Crippen molar-refractivity contribution in [3.63, 3.8) is 0 Å². The highest BCUT2D eigenvalue weighted by Gasteiger charge is 2.27. The van der Waals surface area contributed by atoms with Crippen molar-refractivity contribution >= 4 is 5.91 Å². The molecule has 1 atom stereocenters. The lowest BCUT2D eigenvalue weighted by molar-refractivity contribution is -0.137. The summed E-state index contributed by atoms with van der Waals surface area (Å²) in [5.41, 5.74) is 0. The third-order valence-corrected chi connectivity index (χ3v) is 2.95. The quantitative estimate of drug-likeness (QED) is 0.743. The Morgan fingerprint density at radius 3 is 2.64 bits per heavy atom. The minimum Gasteiger partial charge on any atom is -0.396 e. The fourth-order valence-corrected chi connectivity index (χ4v) is 2.16. The zero-order valence-corrected chi connectivity index (χ0v) is 9.20. The molecule has 1 aliphatic heterocycles. The third kappa shape index (κ3) is 2.71. The van der Waals surface area contributed by atoms with E-state index in [4.69, 9.17) is 5.11 Å². The summed E-state index contributed by atoms with van der Waals surface area (Å²) in [5.74, 6) is 0.701. The van der Waals surface area contributed by atoms with Gasteiger partial charge in [-0.1, -0.05) is 13.8 Å². The molecule has 14 heavy (non-hydrogen) atoms. The van der Waals surface area contributed by atoms with Crippen molar-refractivity contribution in [2.45, 2.75) is 45.6 Å². The third-order valence-electron chi connectivity index (χ3n) is 2.95. The fraction of sp³-hybridized carbons (Fsp3) is 0.909. The molecule has 1 N–H and O–H groups in total.